The summed E-state index contributed by atoms with van der Waals surface area (Å²) in [5, 5.41) is 4.43. The fourth-order valence-electron chi connectivity index (χ4n) is 3.39. The van der Waals surface area contributed by atoms with Crippen molar-refractivity contribution in [2.24, 2.45) is 0 Å². The Labute approximate surface area is 151 Å². The molecule has 1 heterocycles. The van der Waals surface area contributed by atoms with Crippen molar-refractivity contribution in [2.45, 2.75) is 83.6 Å². The van der Waals surface area contributed by atoms with Gasteiger partial charge in [0.25, 0.3) is 0 Å². The van der Waals surface area contributed by atoms with Crippen LogP contribution in [0.25, 0.3) is 0 Å². The Hall–Kier alpha value is -0.545. The first-order chi connectivity index (χ1) is 11.3. The number of rotatable bonds is 4. The maximum absolute atomic E-state index is 6.52. The van der Waals surface area contributed by atoms with Crippen molar-refractivity contribution in [1.29, 1.82) is 0 Å². The van der Waals surface area contributed by atoms with Crippen LogP contribution in [0.15, 0.2) is 18.2 Å². The van der Waals surface area contributed by atoms with E-state index in [1.165, 1.54) is 32.1 Å². The number of hydrogen-bond donors (Lipinski definition) is 1. The van der Waals surface area contributed by atoms with E-state index in [1.807, 2.05) is 6.07 Å². The van der Waals surface area contributed by atoms with Crippen LogP contribution >= 0.6 is 11.6 Å². The van der Waals surface area contributed by atoms with Gasteiger partial charge in [-0.3, -0.25) is 0 Å². The second kappa shape index (κ2) is 6.99. The Bertz CT molecular complexity index is 569. The Morgan fingerprint density at radius 2 is 1.71 bits per heavy atom. The molecule has 0 aromatic heterocycles. The first-order valence-corrected chi connectivity index (χ1v) is 9.54. The molecule has 0 amide bonds. The van der Waals surface area contributed by atoms with Gasteiger partial charge in [-0.05, 0) is 57.6 Å². The fraction of sp³-hybridized carbons (Fsp3) is 0.684. The van der Waals surface area contributed by atoms with Gasteiger partial charge in [-0.1, -0.05) is 43.0 Å². The molecule has 1 aliphatic heterocycles. The van der Waals surface area contributed by atoms with E-state index in [-0.39, 0.29) is 18.3 Å². The zero-order valence-electron chi connectivity index (χ0n) is 15.3. The lowest BCUT2D eigenvalue weighted by Gasteiger charge is -2.32. The SMILES string of the molecule is CC1(C)OB(c2ccc(CNC3CCCCC3)c(Cl)c2)OC1(C)C. The molecule has 1 aromatic carbocycles. The van der Waals surface area contributed by atoms with Gasteiger partial charge in [0.2, 0.25) is 0 Å². The molecule has 0 atom stereocenters. The lowest BCUT2D eigenvalue weighted by molar-refractivity contribution is 0.00578. The second-order valence-electron chi connectivity index (χ2n) is 8.15. The molecule has 0 radical (unpaired) electrons. The summed E-state index contributed by atoms with van der Waals surface area (Å²) in [6.07, 6.45) is 6.62. The highest BCUT2D eigenvalue weighted by Gasteiger charge is 2.51. The molecule has 0 unspecified atom stereocenters. The fourth-order valence-corrected chi connectivity index (χ4v) is 3.65. The van der Waals surface area contributed by atoms with E-state index in [2.05, 4.69) is 45.1 Å². The molecule has 2 fully saturated rings. The molecule has 1 N–H and O–H groups in total. The van der Waals surface area contributed by atoms with Crippen LogP contribution in [0, 0.1) is 0 Å². The molecule has 5 heteroatoms. The van der Waals surface area contributed by atoms with Gasteiger partial charge < -0.3 is 14.6 Å². The van der Waals surface area contributed by atoms with E-state index in [4.69, 9.17) is 20.9 Å². The molecule has 1 aromatic rings. The normalized spacial score (nSPS) is 23.6. The smallest absolute Gasteiger partial charge is 0.399 e. The van der Waals surface area contributed by atoms with E-state index in [0.29, 0.717) is 6.04 Å². The van der Waals surface area contributed by atoms with Gasteiger partial charge in [-0.25, -0.2) is 0 Å². The van der Waals surface area contributed by atoms with Gasteiger partial charge in [-0.15, -0.1) is 0 Å². The van der Waals surface area contributed by atoms with E-state index >= 15 is 0 Å². The van der Waals surface area contributed by atoms with Crippen molar-refractivity contribution < 1.29 is 9.31 Å². The van der Waals surface area contributed by atoms with Crippen molar-refractivity contribution in [2.75, 3.05) is 0 Å². The molecule has 3 nitrogen and oxygen atoms in total. The third-order valence-electron chi connectivity index (χ3n) is 5.79. The average molecular weight is 350 g/mol. The predicted molar refractivity (Wildman–Crippen MR) is 101 cm³/mol. The highest BCUT2D eigenvalue weighted by Crippen LogP contribution is 2.36. The van der Waals surface area contributed by atoms with Crippen LogP contribution in [0.2, 0.25) is 5.02 Å². The lowest BCUT2D eigenvalue weighted by Crippen LogP contribution is -2.41. The molecule has 1 saturated heterocycles. The zero-order chi connectivity index (χ0) is 17.4. The molecule has 0 spiro atoms. The van der Waals surface area contributed by atoms with Gasteiger partial charge in [0.05, 0.1) is 11.2 Å². The molecule has 1 saturated carbocycles. The van der Waals surface area contributed by atoms with Gasteiger partial charge >= 0.3 is 7.12 Å². The lowest BCUT2D eigenvalue weighted by atomic mass is 9.79. The van der Waals surface area contributed by atoms with Crippen LogP contribution in [-0.4, -0.2) is 24.4 Å². The van der Waals surface area contributed by atoms with Crippen molar-refractivity contribution in [3.63, 3.8) is 0 Å². The van der Waals surface area contributed by atoms with E-state index in [9.17, 15) is 0 Å². The molecular formula is C19H29BClNO2. The van der Waals surface area contributed by atoms with Gasteiger partial charge in [0, 0.05) is 17.6 Å². The van der Waals surface area contributed by atoms with Crippen molar-refractivity contribution >= 4 is 24.2 Å². The molecular weight excluding hydrogens is 320 g/mol. The summed E-state index contributed by atoms with van der Waals surface area (Å²) in [5.74, 6) is 0. The molecule has 0 bridgehead atoms. The summed E-state index contributed by atoms with van der Waals surface area (Å²) in [6.45, 7) is 9.09. The van der Waals surface area contributed by atoms with E-state index in [0.717, 1.165) is 22.6 Å². The van der Waals surface area contributed by atoms with Crippen LogP contribution < -0.4 is 10.8 Å². The number of nitrogens with one attached hydrogen (secondary N) is 1. The summed E-state index contributed by atoms with van der Waals surface area (Å²) in [6, 6.07) is 6.80. The van der Waals surface area contributed by atoms with Gasteiger partial charge in [-0.2, -0.15) is 0 Å². The van der Waals surface area contributed by atoms with Crippen LogP contribution in [-0.2, 0) is 15.9 Å². The quantitative estimate of drug-likeness (QED) is 0.831. The van der Waals surface area contributed by atoms with Crippen molar-refractivity contribution in [3.8, 4) is 0 Å². The highest BCUT2D eigenvalue weighted by atomic mass is 35.5. The summed E-state index contributed by atoms with van der Waals surface area (Å²) < 4.78 is 12.2. The first-order valence-electron chi connectivity index (χ1n) is 9.16. The summed E-state index contributed by atoms with van der Waals surface area (Å²) in [7, 11) is -0.354. The first kappa shape index (κ1) is 18.3. The van der Waals surface area contributed by atoms with Crippen LogP contribution in [0.5, 0.6) is 0 Å². The van der Waals surface area contributed by atoms with Crippen LogP contribution in [0.1, 0.15) is 65.4 Å². The Morgan fingerprint density at radius 3 is 2.29 bits per heavy atom. The van der Waals surface area contributed by atoms with Crippen LogP contribution in [0.3, 0.4) is 0 Å². The number of halogens is 1. The minimum absolute atomic E-state index is 0.328. The van der Waals surface area contributed by atoms with Crippen molar-refractivity contribution in [1.82, 2.24) is 5.32 Å². The Balaban J connectivity index is 1.64. The minimum atomic E-state index is -0.354. The second-order valence-corrected chi connectivity index (χ2v) is 8.56. The molecule has 1 aliphatic carbocycles. The Morgan fingerprint density at radius 1 is 1.08 bits per heavy atom. The zero-order valence-corrected chi connectivity index (χ0v) is 16.1. The summed E-state index contributed by atoms with van der Waals surface area (Å²) in [5.41, 5.74) is 1.47. The number of benzene rings is 1. The standard InChI is InChI=1S/C19H29BClNO2/c1-18(2)19(3,4)24-20(23-18)15-11-10-14(17(21)12-15)13-22-16-8-6-5-7-9-16/h10-12,16,22H,5-9,13H2,1-4H3. The third kappa shape index (κ3) is 3.82. The maximum Gasteiger partial charge on any atom is 0.494 e. The summed E-state index contributed by atoms with van der Waals surface area (Å²) >= 11 is 6.52. The maximum atomic E-state index is 6.52. The molecule has 24 heavy (non-hydrogen) atoms. The topological polar surface area (TPSA) is 30.5 Å². The van der Waals surface area contributed by atoms with Crippen LogP contribution in [0.4, 0.5) is 0 Å². The molecule has 3 rings (SSSR count). The van der Waals surface area contributed by atoms with E-state index < -0.39 is 0 Å². The van der Waals surface area contributed by atoms with Gasteiger partial charge in [0.1, 0.15) is 0 Å². The highest BCUT2D eigenvalue weighted by molar-refractivity contribution is 6.62. The summed E-state index contributed by atoms with van der Waals surface area (Å²) in [4.78, 5) is 0. The molecule has 2 aliphatic rings. The van der Waals surface area contributed by atoms with Gasteiger partial charge in [0.15, 0.2) is 0 Å². The average Bonchev–Trinajstić information content (AvgIpc) is 2.75. The Kier molecular flexibility index (Phi) is 5.32. The van der Waals surface area contributed by atoms with Crippen molar-refractivity contribution in [3.05, 3.63) is 28.8 Å². The third-order valence-corrected chi connectivity index (χ3v) is 6.14. The van der Waals surface area contributed by atoms with E-state index in [1.54, 1.807) is 0 Å². The minimum Gasteiger partial charge on any atom is -0.399 e. The largest absolute Gasteiger partial charge is 0.494 e. The monoisotopic (exact) mass is 349 g/mol. The number of hydrogen-bond acceptors (Lipinski definition) is 3. The molecule has 132 valence electrons. The predicted octanol–water partition coefficient (Wildman–Crippen LogP) is 4.06.